The van der Waals surface area contributed by atoms with Crippen molar-refractivity contribution in [2.45, 2.75) is 6.04 Å². The fourth-order valence-corrected chi connectivity index (χ4v) is 2.93. The smallest absolute Gasteiger partial charge is 0.356 e. The first-order chi connectivity index (χ1) is 12.6. The number of hydrogen-bond donors (Lipinski definition) is 2. The maximum Gasteiger partial charge on any atom is 0.356 e. The van der Waals surface area contributed by atoms with Gasteiger partial charge >= 0.3 is 5.97 Å². The Morgan fingerprint density at radius 1 is 1.12 bits per heavy atom. The number of benzene rings is 2. The van der Waals surface area contributed by atoms with Crippen LogP contribution in [0.4, 0.5) is 0 Å². The van der Waals surface area contributed by atoms with Crippen LogP contribution in [0.2, 0.25) is 0 Å². The lowest BCUT2D eigenvalue weighted by Gasteiger charge is -2.13. The van der Waals surface area contributed by atoms with Crippen molar-refractivity contribution in [3.05, 3.63) is 77.6 Å². The van der Waals surface area contributed by atoms with Crippen LogP contribution in [0.5, 0.6) is 5.75 Å². The number of aromatic carboxylic acids is 1. The monoisotopic (exact) mass is 349 g/mol. The summed E-state index contributed by atoms with van der Waals surface area (Å²) in [6, 6.07) is 17.4. The number of para-hydroxylation sites is 2. The van der Waals surface area contributed by atoms with E-state index in [9.17, 15) is 14.7 Å². The van der Waals surface area contributed by atoms with Gasteiger partial charge in [0.1, 0.15) is 18.1 Å². The second kappa shape index (κ2) is 6.36. The van der Waals surface area contributed by atoms with E-state index in [0.717, 1.165) is 11.3 Å². The molecule has 0 saturated heterocycles. The summed E-state index contributed by atoms with van der Waals surface area (Å²) < 4.78 is 6.91. The second-order valence-corrected chi connectivity index (χ2v) is 5.84. The molecule has 1 amide bonds. The first kappa shape index (κ1) is 15.9. The zero-order valence-corrected chi connectivity index (χ0v) is 13.6. The van der Waals surface area contributed by atoms with Gasteiger partial charge in [0.25, 0.3) is 5.91 Å². The van der Waals surface area contributed by atoms with Crippen molar-refractivity contribution in [1.82, 2.24) is 15.1 Å². The number of carbonyl (C=O) groups is 2. The zero-order valence-electron chi connectivity index (χ0n) is 13.6. The summed E-state index contributed by atoms with van der Waals surface area (Å²) in [7, 11) is 0. The van der Waals surface area contributed by atoms with Crippen molar-refractivity contribution in [3.63, 3.8) is 0 Å². The lowest BCUT2D eigenvalue weighted by molar-refractivity contribution is 0.0689. The summed E-state index contributed by atoms with van der Waals surface area (Å²) >= 11 is 0. The van der Waals surface area contributed by atoms with E-state index in [4.69, 9.17) is 4.74 Å². The molecule has 1 unspecified atom stereocenters. The van der Waals surface area contributed by atoms with Crippen molar-refractivity contribution in [2.75, 3.05) is 6.61 Å². The number of fused-ring (bicyclic) bond motifs is 1. The van der Waals surface area contributed by atoms with Crippen LogP contribution in [0.15, 0.2) is 60.7 Å². The van der Waals surface area contributed by atoms with Crippen molar-refractivity contribution in [1.29, 1.82) is 0 Å². The molecule has 7 heteroatoms. The van der Waals surface area contributed by atoms with Crippen molar-refractivity contribution >= 4 is 11.9 Å². The summed E-state index contributed by atoms with van der Waals surface area (Å²) in [5.41, 5.74) is 1.46. The van der Waals surface area contributed by atoms with Crippen LogP contribution in [0.1, 0.15) is 32.6 Å². The van der Waals surface area contributed by atoms with Gasteiger partial charge < -0.3 is 15.2 Å². The molecule has 130 valence electrons. The van der Waals surface area contributed by atoms with Crippen LogP contribution in [0.3, 0.4) is 0 Å². The molecule has 0 aliphatic carbocycles. The van der Waals surface area contributed by atoms with E-state index in [2.05, 4.69) is 10.4 Å². The molecule has 3 aromatic rings. The molecule has 2 aromatic carbocycles. The number of carboxylic acids is 1. The molecule has 0 radical (unpaired) electrons. The highest BCUT2D eigenvalue weighted by Gasteiger charge is 2.27. The van der Waals surface area contributed by atoms with Gasteiger partial charge in [-0.05, 0) is 18.2 Å². The quantitative estimate of drug-likeness (QED) is 0.754. The highest BCUT2D eigenvalue weighted by molar-refractivity contribution is 5.96. The Bertz CT molecular complexity index is 981. The van der Waals surface area contributed by atoms with Gasteiger partial charge in [-0.3, -0.25) is 4.79 Å². The van der Waals surface area contributed by atoms with Gasteiger partial charge in [-0.1, -0.05) is 36.4 Å². The van der Waals surface area contributed by atoms with E-state index in [1.807, 2.05) is 30.3 Å². The molecule has 7 nitrogen and oxygen atoms in total. The minimum atomic E-state index is -1.19. The third-order valence-corrected chi connectivity index (χ3v) is 4.17. The van der Waals surface area contributed by atoms with Crippen LogP contribution in [-0.4, -0.2) is 33.4 Å². The summed E-state index contributed by atoms with van der Waals surface area (Å²) in [4.78, 5) is 24.1. The fourth-order valence-electron chi connectivity index (χ4n) is 2.93. The maximum atomic E-state index is 12.8. The number of ether oxygens (including phenoxy) is 1. The average molecular weight is 349 g/mol. The molecular formula is C19H15N3O4. The minimum absolute atomic E-state index is 0.151. The lowest BCUT2D eigenvalue weighted by atomic mass is 10.1. The predicted octanol–water partition coefficient (Wildman–Crippen LogP) is 2.43. The Labute approximate surface area is 148 Å². The van der Waals surface area contributed by atoms with E-state index in [1.54, 1.807) is 24.3 Å². The van der Waals surface area contributed by atoms with Gasteiger partial charge in [0.05, 0.1) is 11.7 Å². The SMILES string of the molecule is O=C(O)c1cc(C(=O)NC2COc3ccccc32)n(-c2ccccc2)n1. The van der Waals surface area contributed by atoms with Gasteiger partial charge in [-0.2, -0.15) is 5.10 Å². The molecule has 0 saturated carbocycles. The third kappa shape index (κ3) is 2.79. The molecule has 26 heavy (non-hydrogen) atoms. The molecule has 1 aliphatic heterocycles. The third-order valence-electron chi connectivity index (χ3n) is 4.17. The number of carbonyl (C=O) groups excluding carboxylic acids is 1. The van der Waals surface area contributed by atoms with Gasteiger partial charge in [-0.25, -0.2) is 9.48 Å². The predicted molar refractivity (Wildman–Crippen MR) is 92.7 cm³/mol. The number of nitrogens with one attached hydrogen (secondary N) is 1. The van der Waals surface area contributed by atoms with E-state index < -0.39 is 11.9 Å². The van der Waals surface area contributed by atoms with E-state index in [0.29, 0.717) is 12.3 Å². The first-order valence-corrected chi connectivity index (χ1v) is 8.05. The van der Waals surface area contributed by atoms with Crippen LogP contribution < -0.4 is 10.1 Å². The fraction of sp³-hybridized carbons (Fsp3) is 0.105. The van der Waals surface area contributed by atoms with Gasteiger partial charge in [0.2, 0.25) is 0 Å². The van der Waals surface area contributed by atoms with E-state index in [-0.39, 0.29) is 17.4 Å². The average Bonchev–Trinajstić information content (AvgIpc) is 3.28. The molecule has 0 bridgehead atoms. The molecule has 0 fully saturated rings. The molecule has 1 aliphatic rings. The zero-order chi connectivity index (χ0) is 18.1. The van der Waals surface area contributed by atoms with Gasteiger partial charge in [0.15, 0.2) is 5.69 Å². The van der Waals surface area contributed by atoms with Crippen molar-refractivity contribution in [3.8, 4) is 11.4 Å². The van der Waals surface area contributed by atoms with Crippen LogP contribution >= 0.6 is 0 Å². The standard InChI is InChI=1S/C19H15N3O4/c23-18(20-15-11-26-17-9-5-4-8-13(15)17)16-10-14(19(24)25)21-22(16)12-6-2-1-3-7-12/h1-10,15H,11H2,(H,20,23)(H,24,25). The number of carboxylic acid groups (broad SMARTS) is 1. The number of hydrogen-bond acceptors (Lipinski definition) is 4. The summed E-state index contributed by atoms with van der Waals surface area (Å²) in [6.07, 6.45) is 0. The van der Waals surface area contributed by atoms with E-state index in [1.165, 1.54) is 10.7 Å². The molecule has 4 rings (SSSR count). The summed E-state index contributed by atoms with van der Waals surface area (Å²) in [5, 5.41) is 16.2. The number of nitrogens with zero attached hydrogens (tertiary/aromatic N) is 2. The highest BCUT2D eigenvalue weighted by atomic mass is 16.5. The summed E-state index contributed by atoms with van der Waals surface area (Å²) in [5.74, 6) is -0.872. The molecule has 1 aromatic heterocycles. The number of rotatable bonds is 4. The Morgan fingerprint density at radius 3 is 2.62 bits per heavy atom. The Morgan fingerprint density at radius 2 is 1.85 bits per heavy atom. The van der Waals surface area contributed by atoms with E-state index >= 15 is 0 Å². The molecular weight excluding hydrogens is 334 g/mol. The molecule has 2 N–H and O–H groups in total. The highest BCUT2D eigenvalue weighted by Crippen LogP contribution is 2.31. The summed E-state index contributed by atoms with van der Waals surface area (Å²) in [6.45, 7) is 0.330. The molecule has 0 spiro atoms. The normalized spacial score (nSPS) is 15.2. The Balaban J connectivity index is 1.67. The number of amides is 1. The van der Waals surface area contributed by atoms with Crippen LogP contribution in [0.25, 0.3) is 5.69 Å². The maximum absolute atomic E-state index is 12.8. The lowest BCUT2D eigenvalue weighted by Crippen LogP contribution is -2.31. The Hall–Kier alpha value is -3.61. The van der Waals surface area contributed by atoms with Crippen molar-refractivity contribution in [2.24, 2.45) is 0 Å². The Kier molecular flexibility index (Phi) is 3.89. The minimum Gasteiger partial charge on any atom is -0.491 e. The first-order valence-electron chi connectivity index (χ1n) is 8.05. The molecule has 1 atom stereocenters. The largest absolute Gasteiger partial charge is 0.491 e. The van der Waals surface area contributed by atoms with Gasteiger partial charge in [-0.15, -0.1) is 0 Å². The van der Waals surface area contributed by atoms with Crippen LogP contribution in [0, 0.1) is 0 Å². The number of aromatic nitrogens is 2. The van der Waals surface area contributed by atoms with Crippen molar-refractivity contribution < 1.29 is 19.4 Å². The topological polar surface area (TPSA) is 93.5 Å². The second-order valence-electron chi connectivity index (χ2n) is 5.84. The molecule has 2 heterocycles. The van der Waals surface area contributed by atoms with Crippen LogP contribution in [-0.2, 0) is 0 Å². The van der Waals surface area contributed by atoms with Gasteiger partial charge in [0, 0.05) is 11.6 Å².